The molecular weight excluding hydrogens is 285 g/mol. The van der Waals surface area contributed by atoms with Gasteiger partial charge in [0.2, 0.25) is 12.2 Å². The summed E-state index contributed by atoms with van der Waals surface area (Å²) in [4.78, 5) is 19.9. The molecule has 0 aromatic carbocycles. The van der Waals surface area contributed by atoms with Crippen LogP contribution in [0.4, 0.5) is 13.2 Å². The summed E-state index contributed by atoms with van der Waals surface area (Å²) in [7, 11) is 3.38. The van der Waals surface area contributed by atoms with Crippen LogP contribution in [0.1, 0.15) is 5.82 Å². The lowest BCUT2D eigenvalue weighted by atomic mass is 10.4. The number of nitrogens with one attached hydrogen (secondary N) is 1. The highest BCUT2D eigenvalue weighted by atomic mass is 35.5. The molecule has 2 rings (SSSR count). The quantitative estimate of drug-likeness (QED) is 0.821. The zero-order valence-corrected chi connectivity index (χ0v) is 10.7. The van der Waals surface area contributed by atoms with Crippen molar-refractivity contribution in [2.24, 2.45) is 0 Å². The predicted molar refractivity (Wildman–Crippen MR) is 63.7 cm³/mol. The van der Waals surface area contributed by atoms with Crippen molar-refractivity contribution in [1.82, 2.24) is 19.9 Å². The number of H-pyrrole nitrogens is 1. The highest BCUT2D eigenvalue weighted by molar-refractivity contribution is 6.30. The van der Waals surface area contributed by atoms with Crippen LogP contribution in [0, 0.1) is 0 Å². The van der Waals surface area contributed by atoms with Crippen molar-refractivity contribution in [3.8, 4) is 0 Å². The maximum atomic E-state index is 12.2. The largest absolute Gasteiger partial charge is 0.449 e. The number of pyridine rings is 1. The first-order valence-corrected chi connectivity index (χ1v) is 5.32. The van der Waals surface area contributed by atoms with Crippen LogP contribution in [0.25, 0.3) is 11.2 Å². The SMILES string of the molecule is CN(C)C=O.FC(F)(F)c1nc2ncc(Cl)cc2[nH]1. The molecule has 0 atom stereocenters. The summed E-state index contributed by atoms with van der Waals surface area (Å²) >= 11 is 5.55. The Labute approximate surface area is 111 Å². The number of aromatic nitrogens is 3. The number of hydrogen-bond donors (Lipinski definition) is 1. The van der Waals surface area contributed by atoms with Crippen molar-refractivity contribution >= 4 is 29.2 Å². The van der Waals surface area contributed by atoms with Gasteiger partial charge in [-0.15, -0.1) is 0 Å². The van der Waals surface area contributed by atoms with E-state index in [9.17, 15) is 18.0 Å². The average Bonchev–Trinajstić information content (AvgIpc) is 2.72. The van der Waals surface area contributed by atoms with Gasteiger partial charge in [-0.05, 0) is 6.07 Å². The number of amides is 1. The van der Waals surface area contributed by atoms with Crippen LogP contribution in [0.15, 0.2) is 12.3 Å². The summed E-state index contributed by atoms with van der Waals surface area (Å²) in [6.45, 7) is 0. The number of rotatable bonds is 1. The first kappa shape index (κ1) is 15.2. The predicted octanol–water partition coefficient (Wildman–Crippen LogP) is 2.33. The van der Waals surface area contributed by atoms with Crippen LogP contribution in [0.2, 0.25) is 5.02 Å². The van der Waals surface area contributed by atoms with Gasteiger partial charge in [0.15, 0.2) is 5.65 Å². The second-order valence-corrected chi connectivity index (χ2v) is 4.11. The van der Waals surface area contributed by atoms with Gasteiger partial charge in [0, 0.05) is 20.3 Å². The standard InChI is InChI=1S/C7H3ClF3N3.C3H7NO/c8-3-1-4-5(12-2-3)14-6(13-4)7(9,10)11;1-4(2)3-5/h1-2H,(H,12,13,14);3H,1-2H3. The zero-order chi connectivity index (χ0) is 14.6. The molecule has 5 nitrogen and oxygen atoms in total. The Morgan fingerprint density at radius 2 is 2.00 bits per heavy atom. The molecule has 9 heteroatoms. The molecule has 0 aliphatic heterocycles. The second kappa shape index (κ2) is 5.87. The highest BCUT2D eigenvalue weighted by Gasteiger charge is 2.34. The first-order chi connectivity index (χ1) is 8.74. The summed E-state index contributed by atoms with van der Waals surface area (Å²) < 4.78 is 36.5. The molecule has 1 N–H and O–H groups in total. The van der Waals surface area contributed by atoms with Gasteiger partial charge in [0.25, 0.3) is 0 Å². The van der Waals surface area contributed by atoms with Gasteiger partial charge in [-0.3, -0.25) is 4.79 Å². The maximum Gasteiger partial charge on any atom is 0.449 e. The summed E-state index contributed by atoms with van der Waals surface area (Å²) in [5, 5.41) is 0.259. The Morgan fingerprint density at radius 1 is 1.42 bits per heavy atom. The summed E-state index contributed by atoms with van der Waals surface area (Å²) in [6.07, 6.45) is -2.50. The fourth-order valence-electron chi connectivity index (χ4n) is 1.01. The van der Waals surface area contributed by atoms with E-state index in [0.29, 0.717) is 0 Å². The van der Waals surface area contributed by atoms with Gasteiger partial charge in [-0.1, -0.05) is 11.6 Å². The molecule has 0 aliphatic rings. The fraction of sp³-hybridized carbons (Fsp3) is 0.300. The molecular formula is C10H10ClF3N4O. The lowest BCUT2D eigenvalue weighted by molar-refractivity contribution is -0.144. The number of fused-ring (bicyclic) bond motifs is 1. The molecule has 19 heavy (non-hydrogen) atoms. The van der Waals surface area contributed by atoms with Gasteiger partial charge < -0.3 is 9.88 Å². The third-order valence-electron chi connectivity index (χ3n) is 1.78. The van der Waals surface area contributed by atoms with Crippen molar-refractivity contribution in [2.75, 3.05) is 14.1 Å². The Hall–Kier alpha value is -1.83. The van der Waals surface area contributed by atoms with E-state index in [-0.39, 0.29) is 16.2 Å². The second-order valence-electron chi connectivity index (χ2n) is 3.68. The van der Waals surface area contributed by atoms with E-state index in [1.165, 1.54) is 17.2 Å². The van der Waals surface area contributed by atoms with E-state index in [4.69, 9.17) is 11.6 Å². The number of alkyl halides is 3. The minimum atomic E-state index is -4.49. The number of carbonyl (C=O) groups is 1. The van der Waals surface area contributed by atoms with Gasteiger partial charge in [0.1, 0.15) is 0 Å². The normalized spacial score (nSPS) is 10.8. The van der Waals surface area contributed by atoms with Crippen molar-refractivity contribution in [3.63, 3.8) is 0 Å². The van der Waals surface area contributed by atoms with E-state index < -0.39 is 12.0 Å². The smallest absolute Gasteiger partial charge is 0.351 e. The van der Waals surface area contributed by atoms with E-state index >= 15 is 0 Å². The molecule has 0 aliphatic carbocycles. The summed E-state index contributed by atoms with van der Waals surface area (Å²) in [6, 6.07) is 1.34. The van der Waals surface area contributed by atoms with E-state index in [2.05, 4.69) is 15.0 Å². The van der Waals surface area contributed by atoms with Crippen molar-refractivity contribution in [1.29, 1.82) is 0 Å². The van der Waals surface area contributed by atoms with Crippen LogP contribution >= 0.6 is 11.6 Å². The van der Waals surface area contributed by atoms with E-state index in [0.717, 1.165) is 6.41 Å². The maximum absolute atomic E-state index is 12.2. The van der Waals surface area contributed by atoms with Crippen LogP contribution in [-0.4, -0.2) is 40.4 Å². The molecule has 2 heterocycles. The molecule has 0 saturated heterocycles. The molecule has 104 valence electrons. The number of imidazole rings is 1. The Kier molecular flexibility index (Phi) is 4.71. The topological polar surface area (TPSA) is 61.9 Å². The third kappa shape index (κ3) is 4.40. The minimum absolute atomic E-state index is 0.00160. The number of nitrogens with zero attached hydrogens (tertiary/aromatic N) is 3. The molecule has 0 fully saturated rings. The lowest BCUT2D eigenvalue weighted by Crippen LogP contribution is -2.06. The number of aromatic amines is 1. The Balaban J connectivity index is 0.000000312. The molecule has 0 radical (unpaired) electrons. The van der Waals surface area contributed by atoms with Gasteiger partial charge in [0.05, 0.1) is 10.5 Å². The summed E-state index contributed by atoms with van der Waals surface area (Å²) in [5.74, 6) is -1.07. The van der Waals surface area contributed by atoms with Crippen molar-refractivity contribution in [3.05, 3.63) is 23.1 Å². The van der Waals surface area contributed by atoms with Crippen LogP contribution < -0.4 is 0 Å². The molecule has 1 amide bonds. The third-order valence-corrected chi connectivity index (χ3v) is 1.99. The van der Waals surface area contributed by atoms with Crippen LogP contribution in [-0.2, 0) is 11.0 Å². The molecule has 0 unspecified atom stereocenters. The van der Waals surface area contributed by atoms with E-state index in [1.807, 2.05) is 0 Å². The number of halogens is 4. The first-order valence-electron chi connectivity index (χ1n) is 4.94. The highest BCUT2D eigenvalue weighted by Crippen LogP contribution is 2.28. The molecule has 0 saturated carbocycles. The van der Waals surface area contributed by atoms with Crippen molar-refractivity contribution in [2.45, 2.75) is 6.18 Å². The summed E-state index contributed by atoms with van der Waals surface area (Å²) in [5.41, 5.74) is 0.173. The number of carbonyl (C=O) groups excluding carboxylic acids is 1. The Bertz CT molecular complexity index is 567. The monoisotopic (exact) mass is 294 g/mol. The minimum Gasteiger partial charge on any atom is -0.351 e. The van der Waals surface area contributed by atoms with Crippen molar-refractivity contribution < 1.29 is 18.0 Å². The van der Waals surface area contributed by atoms with Gasteiger partial charge in [-0.2, -0.15) is 13.2 Å². The number of hydrogen-bond acceptors (Lipinski definition) is 3. The lowest BCUT2D eigenvalue weighted by Gasteiger charge is -1.98. The average molecular weight is 295 g/mol. The zero-order valence-electron chi connectivity index (χ0n) is 9.99. The molecule has 0 bridgehead atoms. The van der Waals surface area contributed by atoms with Gasteiger partial charge in [-0.25, -0.2) is 9.97 Å². The Morgan fingerprint density at radius 3 is 2.47 bits per heavy atom. The van der Waals surface area contributed by atoms with Crippen LogP contribution in [0.5, 0.6) is 0 Å². The fourth-order valence-corrected chi connectivity index (χ4v) is 1.17. The molecule has 2 aromatic rings. The van der Waals surface area contributed by atoms with Gasteiger partial charge >= 0.3 is 6.18 Å². The van der Waals surface area contributed by atoms with Crippen LogP contribution in [0.3, 0.4) is 0 Å². The van der Waals surface area contributed by atoms with E-state index in [1.54, 1.807) is 14.1 Å². The molecule has 0 spiro atoms. The molecule has 2 aromatic heterocycles.